The molecule has 3 rings (SSSR count). The third-order valence-corrected chi connectivity index (χ3v) is 4.63. The summed E-state index contributed by atoms with van der Waals surface area (Å²) < 4.78 is 8.37. The average molecular weight is 458 g/mol. The van der Waals surface area contributed by atoms with Gasteiger partial charge in [-0.25, -0.2) is 15.0 Å². The van der Waals surface area contributed by atoms with Gasteiger partial charge in [0.05, 0.1) is 12.9 Å². The molecule has 0 saturated carbocycles. The lowest BCUT2D eigenvalue weighted by molar-refractivity contribution is -0.0426. The highest BCUT2D eigenvalue weighted by molar-refractivity contribution is 14.1. The summed E-state index contributed by atoms with van der Waals surface area (Å²) in [5.41, 5.74) is 6.65. The van der Waals surface area contributed by atoms with E-state index < -0.39 is 24.5 Å². The van der Waals surface area contributed by atoms with Crippen LogP contribution in [0.2, 0.25) is 0 Å². The second-order valence-corrected chi connectivity index (χ2v) is 6.84. The minimum Gasteiger partial charge on any atom is -0.387 e. The Kier molecular flexibility index (Phi) is 5.70. The number of hydrogen-bond donors (Lipinski definition) is 3. The van der Waals surface area contributed by atoms with E-state index in [1.54, 1.807) is 4.57 Å². The van der Waals surface area contributed by atoms with Crippen molar-refractivity contribution >= 4 is 39.6 Å². The third-order valence-electron chi connectivity index (χ3n) is 4.15. The van der Waals surface area contributed by atoms with Gasteiger partial charge in [-0.05, 0) is 0 Å². The maximum Gasteiger partial charge on any atom is 0.167 e. The van der Waals surface area contributed by atoms with Crippen molar-refractivity contribution in [2.75, 3.05) is 29.8 Å². The van der Waals surface area contributed by atoms with Gasteiger partial charge in [0.25, 0.3) is 0 Å². The molecule has 0 amide bonds. The first-order chi connectivity index (χ1) is 12.1. The molecule has 0 aliphatic carbocycles. The molecule has 0 bridgehead atoms. The highest BCUT2D eigenvalue weighted by atomic mass is 127. The van der Waals surface area contributed by atoms with E-state index in [-0.39, 0.29) is 5.82 Å². The van der Waals surface area contributed by atoms with Crippen molar-refractivity contribution in [1.29, 1.82) is 0 Å². The van der Waals surface area contributed by atoms with E-state index >= 15 is 0 Å². The number of imidazole rings is 1. The largest absolute Gasteiger partial charge is 0.387 e. The van der Waals surface area contributed by atoms with Gasteiger partial charge in [0.2, 0.25) is 0 Å². The molecule has 2 aromatic heterocycles. The van der Waals surface area contributed by atoms with E-state index in [1.165, 1.54) is 12.7 Å². The van der Waals surface area contributed by atoms with Crippen molar-refractivity contribution in [3.63, 3.8) is 0 Å². The number of rotatable bonds is 6. The number of aliphatic hydroxyl groups is 2. The molecule has 1 aliphatic heterocycles. The number of hydrogen-bond acceptors (Lipinski definition) is 8. The number of fused-ring (bicyclic) bond motifs is 1. The number of ether oxygens (including phenoxy) is 1. The number of aromatic nitrogens is 4. The van der Waals surface area contributed by atoms with Gasteiger partial charge in [0.15, 0.2) is 17.7 Å². The molecule has 4 N–H and O–H groups in total. The van der Waals surface area contributed by atoms with Crippen molar-refractivity contribution < 1.29 is 14.9 Å². The summed E-state index contributed by atoms with van der Waals surface area (Å²) in [5.74, 6) is 2.84. The summed E-state index contributed by atoms with van der Waals surface area (Å²) in [6.07, 6.45) is 4.63. The summed E-state index contributed by atoms with van der Waals surface area (Å²) in [7, 11) is 0. The fourth-order valence-electron chi connectivity index (χ4n) is 2.90. The predicted molar refractivity (Wildman–Crippen MR) is 99.8 cm³/mol. The molecule has 3 heterocycles. The van der Waals surface area contributed by atoms with Crippen LogP contribution in [0.25, 0.3) is 11.2 Å². The molecule has 10 heteroatoms. The lowest BCUT2D eigenvalue weighted by Crippen LogP contribution is -2.40. The van der Waals surface area contributed by atoms with Crippen LogP contribution in [0.4, 0.5) is 5.82 Å². The molecule has 25 heavy (non-hydrogen) atoms. The fraction of sp³-hybridized carbons (Fsp3) is 0.533. The average Bonchev–Trinajstić information content (AvgIpc) is 3.13. The Labute approximate surface area is 158 Å². The van der Waals surface area contributed by atoms with Crippen molar-refractivity contribution in [3.05, 3.63) is 12.7 Å². The summed E-state index contributed by atoms with van der Waals surface area (Å²) in [4.78, 5) is 14.2. The molecule has 2 aromatic rings. The number of aliphatic hydroxyl groups excluding tert-OH is 2. The van der Waals surface area contributed by atoms with Crippen LogP contribution in [-0.2, 0) is 4.74 Å². The first-order valence-corrected chi connectivity index (χ1v) is 9.25. The topological polar surface area (TPSA) is 123 Å². The van der Waals surface area contributed by atoms with Crippen molar-refractivity contribution in [2.45, 2.75) is 24.5 Å². The monoisotopic (exact) mass is 458 g/mol. The van der Waals surface area contributed by atoms with Gasteiger partial charge in [-0.2, -0.15) is 0 Å². The number of nitrogens with two attached hydrogens (primary N) is 1. The van der Waals surface area contributed by atoms with Gasteiger partial charge in [-0.3, -0.25) is 9.47 Å². The van der Waals surface area contributed by atoms with Crippen LogP contribution in [0.15, 0.2) is 12.7 Å². The number of anilines is 1. The molecule has 1 fully saturated rings. The molecule has 9 nitrogen and oxygen atoms in total. The number of nitrogens with zero attached hydrogens (tertiary/aromatic N) is 5. The normalized spacial score (nSPS) is 26.4. The molecular formula is C15H19IN6O3. The van der Waals surface area contributed by atoms with Crippen molar-refractivity contribution in [3.8, 4) is 12.3 Å². The van der Waals surface area contributed by atoms with E-state index in [9.17, 15) is 10.2 Å². The molecule has 0 spiro atoms. The molecule has 0 aromatic carbocycles. The van der Waals surface area contributed by atoms with E-state index in [0.717, 1.165) is 11.0 Å². The number of alkyl halides is 1. The molecular weight excluding hydrogens is 439 g/mol. The minimum atomic E-state index is -1.12. The zero-order chi connectivity index (χ0) is 18.0. The lowest BCUT2D eigenvalue weighted by atomic mass is 10.1. The Bertz CT molecular complexity index is 778. The van der Waals surface area contributed by atoms with E-state index in [4.69, 9.17) is 16.9 Å². The van der Waals surface area contributed by atoms with Crippen LogP contribution in [0.1, 0.15) is 6.23 Å². The number of halogens is 1. The number of terminal acetylenes is 1. The Hall–Kier alpha value is -1.52. The van der Waals surface area contributed by atoms with Crippen LogP contribution >= 0.6 is 22.6 Å². The zero-order valence-corrected chi connectivity index (χ0v) is 15.5. The molecule has 4 atom stereocenters. The quantitative estimate of drug-likeness (QED) is 0.298. The van der Waals surface area contributed by atoms with Crippen LogP contribution < -0.4 is 5.73 Å². The predicted octanol–water partition coefficient (Wildman–Crippen LogP) is -0.602. The third kappa shape index (κ3) is 3.56. The van der Waals surface area contributed by atoms with Gasteiger partial charge in [0.1, 0.15) is 30.2 Å². The SMILES string of the molecule is C#CCN(CCI)C[C@H]1O[C@@H](n2cnc3c(N)ncnc32)[C@@H](O)C1O. The van der Waals surface area contributed by atoms with E-state index in [0.29, 0.717) is 24.3 Å². The second-order valence-electron chi connectivity index (χ2n) is 5.76. The second kappa shape index (κ2) is 7.79. The molecule has 1 unspecified atom stereocenters. The highest BCUT2D eigenvalue weighted by Gasteiger charge is 2.44. The van der Waals surface area contributed by atoms with Crippen LogP contribution in [0, 0.1) is 12.3 Å². The Morgan fingerprint density at radius 3 is 2.88 bits per heavy atom. The zero-order valence-electron chi connectivity index (χ0n) is 13.4. The van der Waals surface area contributed by atoms with Crippen molar-refractivity contribution in [1.82, 2.24) is 24.4 Å². The summed E-state index contributed by atoms with van der Waals surface area (Å²) >= 11 is 2.26. The summed E-state index contributed by atoms with van der Waals surface area (Å²) in [6, 6.07) is 0. The Balaban J connectivity index is 1.82. The van der Waals surface area contributed by atoms with E-state index in [2.05, 4.69) is 43.5 Å². The lowest BCUT2D eigenvalue weighted by Gasteiger charge is -2.24. The Morgan fingerprint density at radius 2 is 2.16 bits per heavy atom. The molecule has 1 aliphatic rings. The van der Waals surface area contributed by atoms with Gasteiger partial charge in [0, 0.05) is 17.5 Å². The Morgan fingerprint density at radius 1 is 1.36 bits per heavy atom. The smallest absolute Gasteiger partial charge is 0.167 e. The van der Waals surface area contributed by atoms with Gasteiger partial charge in [-0.1, -0.05) is 28.5 Å². The van der Waals surface area contributed by atoms with Crippen LogP contribution in [0.5, 0.6) is 0 Å². The van der Waals surface area contributed by atoms with Crippen LogP contribution in [-0.4, -0.2) is 77.0 Å². The van der Waals surface area contributed by atoms with Crippen molar-refractivity contribution in [2.24, 2.45) is 0 Å². The maximum absolute atomic E-state index is 10.4. The summed E-state index contributed by atoms with van der Waals surface area (Å²) in [6.45, 7) is 1.65. The maximum atomic E-state index is 10.4. The first-order valence-electron chi connectivity index (χ1n) is 7.73. The van der Waals surface area contributed by atoms with Gasteiger partial charge >= 0.3 is 0 Å². The highest BCUT2D eigenvalue weighted by Crippen LogP contribution is 2.32. The molecule has 134 valence electrons. The van der Waals surface area contributed by atoms with Gasteiger partial charge in [-0.15, -0.1) is 6.42 Å². The minimum absolute atomic E-state index is 0.246. The van der Waals surface area contributed by atoms with Crippen LogP contribution in [0.3, 0.4) is 0 Å². The molecule has 0 radical (unpaired) electrons. The standard InChI is InChI=1S/C15H19IN6O3/c1-2-4-21(5-3-16)6-9-11(23)12(24)15(25-9)22-8-20-10-13(17)18-7-19-14(10)22/h1,7-9,11-12,15,23-24H,3-6H2,(H2,17,18,19)/t9-,11?,12+,15-/m1/s1. The first kappa shape index (κ1) is 18.3. The van der Waals surface area contributed by atoms with Gasteiger partial charge < -0.3 is 20.7 Å². The molecule has 1 saturated heterocycles. The number of nitrogen functional groups attached to an aromatic ring is 1. The summed E-state index contributed by atoms with van der Waals surface area (Å²) in [5, 5.41) is 20.8. The fourth-order valence-corrected chi connectivity index (χ4v) is 3.59. The van der Waals surface area contributed by atoms with E-state index in [1.807, 2.05) is 4.90 Å².